The van der Waals surface area contributed by atoms with Crippen molar-refractivity contribution in [3.05, 3.63) is 35.9 Å². The minimum Gasteiger partial charge on any atom is -0.441 e. The van der Waals surface area contributed by atoms with Crippen molar-refractivity contribution in [2.75, 3.05) is 13.2 Å². The van der Waals surface area contributed by atoms with E-state index < -0.39 is 6.22 Å². The average molecular weight is 342 g/mol. The zero-order valence-corrected chi connectivity index (χ0v) is 16.2. The third-order valence-electron chi connectivity index (χ3n) is 3.29. The fraction of sp³-hybridized carbons (Fsp3) is 0.650. The molecule has 0 aliphatic carbocycles. The normalized spacial score (nSPS) is 10.8. The molecule has 0 saturated heterocycles. The lowest BCUT2D eigenvalue weighted by molar-refractivity contribution is 0.0659. The highest BCUT2D eigenvalue weighted by atomic mass is 19.1. The molecule has 1 aromatic carbocycles. The molecule has 0 aliphatic heterocycles. The van der Waals surface area contributed by atoms with Crippen molar-refractivity contribution in [3.63, 3.8) is 0 Å². The molecular formula is C20H35FO3. The van der Waals surface area contributed by atoms with E-state index in [9.17, 15) is 4.39 Å². The average Bonchev–Trinajstić information content (AvgIpc) is 2.56. The minimum absolute atomic E-state index is 0.106. The molecule has 0 N–H and O–H groups in total. The van der Waals surface area contributed by atoms with E-state index in [4.69, 9.17) is 9.53 Å². The van der Waals surface area contributed by atoms with E-state index in [2.05, 4.69) is 63.6 Å². The fourth-order valence-electron chi connectivity index (χ4n) is 1.25. The third-order valence-corrected chi connectivity index (χ3v) is 3.29. The monoisotopic (exact) mass is 342 g/mol. The van der Waals surface area contributed by atoms with Gasteiger partial charge < -0.3 is 9.47 Å². The van der Waals surface area contributed by atoms with Crippen LogP contribution in [0.25, 0.3) is 0 Å². The molecule has 1 rings (SSSR count). The van der Waals surface area contributed by atoms with E-state index in [1.165, 1.54) is 18.9 Å². The second-order valence-electron chi connectivity index (χ2n) is 5.80. The fourth-order valence-corrected chi connectivity index (χ4v) is 1.25. The number of benzene rings is 1. The van der Waals surface area contributed by atoms with E-state index >= 15 is 0 Å². The molecule has 0 bridgehead atoms. The van der Waals surface area contributed by atoms with Gasteiger partial charge >= 0.3 is 6.22 Å². The summed E-state index contributed by atoms with van der Waals surface area (Å²) in [6.45, 7) is 13.4. The number of hydrogen-bond donors (Lipinski definition) is 0. The van der Waals surface area contributed by atoms with Crippen LogP contribution in [-0.4, -0.2) is 25.5 Å². The molecule has 1 unspecified atom stereocenters. The van der Waals surface area contributed by atoms with E-state index in [-0.39, 0.29) is 6.61 Å². The van der Waals surface area contributed by atoms with Crippen LogP contribution in [0.15, 0.2) is 30.3 Å². The molecule has 4 heteroatoms. The standard InChI is InChI=1S/C12H18O.C5H12.C3H5FO2/c1-3-11(2)13-10-9-12-7-5-4-6-8-12;1-4-5(2)3;1-2-6-3(4)5/h4-8,11H,3,9-10H2,1-2H3;5H,4H2,1-3H3;2H2,1H3. The van der Waals surface area contributed by atoms with Crippen LogP contribution in [0.5, 0.6) is 0 Å². The van der Waals surface area contributed by atoms with Crippen LogP contribution >= 0.6 is 0 Å². The molecular weight excluding hydrogens is 307 g/mol. The van der Waals surface area contributed by atoms with Gasteiger partial charge in [-0.3, -0.25) is 0 Å². The first-order valence-electron chi connectivity index (χ1n) is 8.84. The highest BCUT2D eigenvalue weighted by Gasteiger charge is 1.97. The van der Waals surface area contributed by atoms with Crippen LogP contribution in [-0.2, 0) is 15.9 Å². The predicted molar refractivity (Wildman–Crippen MR) is 99.1 cm³/mol. The maximum absolute atomic E-state index is 10.8. The van der Waals surface area contributed by atoms with E-state index in [1.807, 2.05) is 6.07 Å². The molecule has 0 fully saturated rings. The maximum atomic E-state index is 10.8. The van der Waals surface area contributed by atoms with Gasteiger partial charge in [0.25, 0.3) is 0 Å². The van der Waals surface area contributed by atoms with E-state index in [1.54, 1.807) is 0 Å². The van der Waals surface area contributed by atoms with Crippen molar-refractivity contribution in [2.45, 2.75) is 66.9 Å². The van der Waals surface area contributed by atoms with Gasteiger partial charge in [-0.25, -0.2) is 4.79 Å². The Morgan fingerprint density at radius 1 is 1.04 bits per heavy atom. The Hall–Kier alpha value is -1.42. The molecule has 1 aromatic rings. The van der Waals surface area contributed by atoms with Crippen LogP contribution in [0.1, 0.15) is 59.9 Å². The number of rotatable bonds is 7. The molecule has 3 nitrogen and oxygen atoms in total. The molecule has 0 saturated carbocycles. The third kappa shape index (κ3) is 20.6. The first-order valence-corrected chi connectivity index (χ1v) is 8.84. The Labute approximate surface area is 147 Å². The van der Waals surface area contributed by atoms with Crippen LogP contribution in [0.3, 0.4) is 0 Å². The van der Waals surface area contributed by atoms with Gasteiger partial charge in [0, 0.05) is 0 Å². The summed E-state index contributed by atoms with van der Waals surface area (Å²) in [7, 11) is 0. The molecule has 24 heavy (non-hydrogen) atoms. The lowest BCUT2D eigenvalue weighted by atomic mass is 10.2. The quantitative estimate of drug-likeness (QED) is 0.553. The molecule has 140 valence electrons. The van der Waals surface area contributed by atoms with Gasteiger partial charge in [0.05, 0.1) is 19.3 Å². The van der Waals surface area contributed by atoms with Crippen molar-refractivity contribution in [3.8, 4) is 0 Å². The van der Waals surface area contributed by atoms with Crippen molar-refractivity contribution < 1.29 is 18.7 Å². The number of carbonyl (C=O) groups is 1. The van der Waals surface area contributed by atoms with E-state index in [0.717, 1.165) is 25.4 Å². The van der Waals surface area contributed by atoms with Gasteiger partial charge in [0.1, 0.15) is 0 Å². The lowest BCUT2D eigenvalue weighted by Gasteiger charge is -2.09. The van der Waals surface area contributed by atoms with Crippen molar-refractivity contribution >= 4 is 6.22 Å². The summed E-state index contributed by atoms with van der Waals surface area (Å²) in [6, 6.07) is 10.5. The molecule has 0 heterocycles. The molecule has 0 amide bonds. The zero-order chi connectivity index (χ0) is 18.8. The summed E-state index contributed by atoms with van der Waals surface area (Å²) >= 11 is 0. The molecule has 1 atom stereocenters. The number of carbonyl (C=O) groups excluding carboxylic acids is 1. The second kappa shape index (κ2) is 17.9. The molecule has 0 aromatic heterocycles. The van der Waals surface area contributed by atoms with Gasteiger partial charge in [-0.1, -0.05) is 64.4 Å². The first kappa shape index (κ1) is 24.8. The zero-order valence-electron chi connectivity index (χ0n) is 16.2. The van der Waals surface area contributed by atoms with Crippen molar-refractivity contribution in [1.82, 2.24) is 0 Å². The van der Waals surface area contributed by atoms with Crippen LogP contribution < -0.4 is 0 Å². The Kier molecular flexibility index (Phi) is 18.5. The van der Waals surface area contributed by atoms with Gasteiger partial charge in [-0.15, -0.1) is 4.39 Å². The highest BCUT2D eigenvalue weighted by molar-refractivity contribution is 5.57. The van der Waals surface area contributed by atoms with Crippen molar-refractivity contribution in [1.29, 1.82) is 0 Å². The number of hydrogen-bond acceptors (Lipinski definition) is 3. The maximum Gasteiger partial charge on any atom is 0.495 e. The van der Waals surface area contributed by atoms with Crippen LogP contribution in [0.2, 0.25) is 0 Å². The van der Waals surface area contributed by atoms with Gasteiger partial charge in [-0.2, -0.15) is 0 Å². The predicted octanol–water partition coefficient (Wildman–Crippen LogP) is 6.21. The summed E-state index contributed by atoms with van der Waals surface area (Å²) in [5.74, 6) is 0.884. The topological polar surface area (TPSA) is 35.5 Å². The lowest BCUT2D eigenvalue weighted by Crippen LogP contribution is -2.08. The highest BCUT2D eigenvalue weighted by Crippen LogP contribution is 2.02. The summed E-state index contributed by atoms with van der Waals surface area (Å²) < 4.78 is 20.2. The molecule has 0 radical (unpaired) electrons. The summed E-state index contributed by atoms with van der Waals surface area (Å²) in [5.41, 5.74) is 1.35. The Morgan fingerprint density at radius 2 is 1.58 bits per heavy atom. The largest absolute Gasteiger partial charge is 0.495 e. The first-order chi connectivity index (χ1) is 11.4. The summed E-state index contributed by atoms with van der Waals surface area (Å²) in [6.07, 6.45) is 2.10. The number of ether oxygens (including phenoxy) is 2. The molecule has 0 spiro atoms. The Bertz CT molecular complexity index is 380. The SMILES string of the molecule is CCC(C)C.CCC(C)OCCc1ccccc1.CCOC(=O)F. The minimum atomic E-state index is -1.71. The second-order valence-corrected chi connectivity index (χ2v) is 5.80. The summed E-state index contributed by atoms with van der Waals surface area (Å²) in [5, 5.41) is 0. The van der Waals surface area contributed by atoms with E-state index in [0.29, 0.717) is 6.10 Å². The van der Waals surface area contributed by atoms with Crippen LogP contribution in [0, 0.1) is 5.92 Å². The Balaban J connectivity index is 0. The van der Waals surface area contributed by atoms with Gasteiger partial charge in [0.2, 0.25) is 0 Å². The smallest absolute Gasteiger partial charge is 0.441 e. The van der Waals surface area contributed by atoms with Crippen LogP contribution in [0.4, 0.5) is 9.18 Å². The van der Waals surface area contributed by atoms with Gasteiger partial charge in [0.15, 0.2) is 0 Å². The number of halogens is 1. The van der Waals surface area contributed by atoms with Crippen molar-refractivity contribution in [2.24, 2.45) is 5.92 Å². The van der Waals surface area contributed by atoms with Gasteiger partial charge in [-0.05, 0) is 38.2 Å². The molecule has 0 aliphatic rings. The Morgan fingerprint density at radius 3 is 1.92 bits per heavy atom. The summed E-state index contributed by atoms with van der Waals surface area (Å²) in [4.78, 5) is 9.15.